The van der Waals surface area contributed by atoms with Gasteiger partial charge in [-0.3, -0.25) is 24.4 Å². The Morgan fingerprint density at radius 2 is 1.41 bits per heavy atom. The van der Waals surface area contributed by atoms with Crippen LogP contribution in [0, 0.1) is 6.92 Å². The number of amides is 2. The first-order valence-electron chi connectivity index (χ1n) is 11.8. The number of nitrogens with zero attached hydrogens (tertiary/aromatic N) is 2. The number of hydrogen-bond donors (Lipinski definition) is 2. The van der Waals surface area contributed by atoms with Crippen molar-refractivity contribution in [3.8, 4) is 11.1 Å². The molecular weight excluding hydrogens is 520 g/mol. The number of anilines is 2. The first-order valence-corrected chi connectivity index (χ1v) is 12.2. The summed E-state index contributed by atoms with van der Waals surface area (Å²) in [5.74, 6) is -0.849. The van der Waals surface area contributed by atoms with Crippen LogP contribution in [0.3, 0.4) is 0 Å². The minimum Gasteiger partial charge on any atom is -0.352 e. The minimum atomic E-state index is -0.580. The Hall–Kier alpha value is -4.44. The normalized spacial score (nSPS) is 10.8. The molecule has 4 rings (SSSR count). The number of carbonyl (C=O) groups excluding carboxylic acids is 3. The van der Waals surface area contributed by atoms with Crippen molar-refractivity contribution < 1.29 is 23.9 Å². The molecule has 10 heteroatoms. The van der Waals surface area contributed by atoms with Gasteiger partial charge in [-0.05, 0) is 48.4 Å². The minimum absolute atomic E-state index is 0.176. The third-order valence-corrected chi connectivity index (χ3v) is 6.40. The van der Waals surface area contributed by atoms with Crippen LogP contribution in [-0.2, 0) is 9.47 Å². The summed E-state index contributed by atoms with van der Waals surface area (Å²) in [5.41, 5.74) is 4.61. The van der Waals surface area contributed by atoms with Gasteiger partial charge in [0.15, 0.2) is 12.6 Å². The van der Waals surface area contributed by atoms with Gasteiger partial charge < -0.3 is 20.1 Å². The molecule has 0 radical (unpaired) electrons. The standard InChI is InChI=1S/C29H25ClN4O5/c1-17-20(6-4-8-22(17)33-27(36)24-12-10-18(16-35)14-31-24)21-7-5-9-23(26(21)30)34-28(37)25-13-11-19(15-32-25)29(38-2)39-3/h4-16,29H,1-3H3,(H,33,36)(H,34,37). The number of pyridine rings is 2. The van der Waals surface area contributed by atoms with Gasteiger partial charge in [0.25, 0.3) is 11.8 Å². The molecule has 0 bridgehead atoms. The highest BCUT2D eigenvalue weighted by Crippen LogP contribution is 2.37. The van der Waals surface area contributed by atoms with Gasteiger partial charge in [0.2, 0.25) is 0 Å². The number of ether oxygens (including phenoxy) is 2. The highest BCUT2D eigenvalue weighted by atomic mass is 35.5. The van der Waals surface area contributed by atoms with E-state index in [2.05, 4.69) is 20.6 Å². The van der Waals surface area contributed by atoms with E-state index in [1.807, 2.05) is 19.1 Å². The molecule has 2 aromatic heterocycles. The molecule has 4 aromatic rings. The number of carbonyl (C=O) groups is 3. The smallest absolute Gasteiger partial charge is 0.274 e. The van der Waals surface area contributed by atoms with E-state index >= 15 is 0 Å². The van der Waals surface area contributed by atoms with Crippen LogP contribution in [0.2, 0.25) is 5.02 Å². The number of hydrogen-bond acceptors (Lipinski definition) is 7. The molecule has 2 N–H and O–H groups in total. The maximum absolute atomic E-state index is 12.9. The van der Waals surface area contributed by atoms with E-state index in [0.717, 1.165) is 11.1 Å². The number of rotatable bonds is 9. The van der Waals surface area contributed by atoms with Gasteiger partial charge in [-0.15, -0.1) is 0 Å². The maximum atomic E-state index is 12.9. The van der Waals surface area contributed by atoms with Gasteiger partial charge in [-0.25, -0.2) is 0 Å². The van der Waals surface area contributed by atoms with Gasteiger partial charge in [0.1, 0.15) is 11.4 Å². The van der Waals surface area contributed by atoms with Crippen LogP contribution in [0.5, 0.6) is 0 Å². The lowest BCUT2D eigenvalue weighted by Gasteiger charge is -2.16. The summed E-state index contributed by atoms with van der Waals surface area (Å²) in [6, 6.07) is 17.0. The fraction of sp³-hybridized carbons (Fsp3) is 0.138. The molecule has 0 unspecified atom stereocenters. The van der Waals surface area contributed by atoms with Crippen molar-refractivity contribution in [2.75, 3.05) is 24.9 Å². The molecular formula is C29H25ClN4O5. The Bertz CT molecular complexity index is 1500. The number of aldehydes is 1. The summed E-state index contributed by atoms with van der Waals surface area (Å²) in [7, 11) is 3.03. The lowest BCUT2D eigenvalue weighted by molar-refractivity contribution is -0.106. The Balaban J connectivity index is 1.55. The molecule has 0 spiro atoms. The average Bonchev–Trinajstić information content (AvgIpc) is 2.96. The molecule has 2 amide bonds. The lowest BCUT2D eigenvalue weighted by atomic mass is 9.98. The van der Waals surface area contributed by atoms with Gasteiger partial charge in [0, 0.05) is 49.0 Å². The summed E-state index contributed by atoms with van der Waals surface area (Å²) in [4.78, 5) is 44.7. The van der Waals surface area contributed by atoms with E-state index in [1.165, 1.54) is 38.7 Å². The Morgan fingerprint density at radius 1 is 0.821 bits per heavy atom. The number of benzene rings is 2. The van der Waals surface area contributed by atoms with Crippen molar-refractivity contribution in [1.82, 2.24) is 9.97 Å². The molecule has 2 heterocycles. The number of nitrogens with one attached hydrogen (secondary N) is 2. The molecule has 0 fully saturated rings. The summed E-state index contributed by atoms with van der Waals surface area (Å²) in [6.45, 7) is 1.86. The van der Waals surface area contributed by atoms with Crippen LogP contribution in [0.1, 0.15) is 48.8 Å². The molecule has 0 aliphatic rings. The van der Waals surface area contributed by atoms with Crippen LogP contribution in [0.15, 0.2) is 73.1 Å². The molecule has 9 nitrogen and oxygen atoms in total. The maximum Gasteiger partial charge on any atom is 0.274 e. The number of halogens is 1. The van der Waals surface area contributed by atoms with Gasteiger partial charge in [-0.1, -0.05) is 41.9 Å². The number of aromatic nitrogens is 2. The monoisotopic (exact) mass is 544 g/mol. The second-order valence-electron chi connectivity index (χ2n) is 8.43. The van der Waals surface area contributed by atoms with E-state index < -0.39 is 18.1 Å². The lowest BCUT2D eigenvalue weighted by Crippen LogP contribution is -2.15. The van der Waals surface area contributed by atoms with Crippen LogP contribution in [0.4, 0.5) is 11.4 Å². The molecule has 0 saturated carbocycles. The second kappa shape index (κ2) is 12.4. The predicted octanol–water partition coefficient (Wildman–Crippen LogP) is 5.71. The second-order valence-corrected chi connectivity index (χ2v) is 8.81. The fourth-order valence-corrected chi connectivity index (χ4v) is 4.20. The van der Waals surface area contributed by atoms with Gasteiger partial charge >= 0.3 is 0 Å². The predicted molar refractivity (Wildman–Crippen MR) is 148 cm³/mol. The summed E-state index contributed by atoms with van der Waals surface area (Å²) in [6.07, 6.45) is 2.93. The molecule has 39 heavy (non-hydrogen) atoms. The van der Waals surface area contributed by atoms with E-state index in [4.69, 9.17) is 21.1 Å². The van der Waals surface area contributed by atoms with Crippen molar-refractivity contribution in [2.24, 2.45) is 0 Å². The average molecular weight is 545 g/mol. The largest absolute Gasteiger partial charge is 0.352 e. The van der Waals surface area contributed by atoms with Crippen LogP contribution >= 0.6 is 11.6 Å². The van der Waals surface area contributed by atoms with Crippen LogP contribution in [-0.4, -0.2) is 42.3 Å². The zero-order chi connectivity index (χ0) is 27.9. The zero-order valence-corrected chi connectivity index (χ0v) is 22.2. The number of methoxy groups -OCH3 is 2. The summed E-state index contributed by atoms with van der Waals surface area (Å²) < 4.78 is 10.4. The van der Waals surface area contributed by atoms with E-state index in [9.17, 15) is 14.4 Å². The first kappa shape index (κ1) is 27.6. The van der Waals surface area contributed by atoms with Gasteiger partial charge in [-0.2, -0.15) is 0 Å². The van der Waals surface area contributed by atoms with E-state index in [0.29, 0.717) is 39.4 Å². The van der Waals surface area contributed by atoms with Crippen molar-refractivity contribution in [3.63, 3.8) is 0 Å². The third-order valence-electron chi connectivity index (χ3n) is 5.99. The third kappa shape index (κ3) is 6.18. The molecule has 198 valence electrons. The Morgan fingerprint density at radius 3 is 1.97 bits per heavy atom. The Labute approximate surface area is 230 Å². The van der Waals surface area contributed by atoms with Crippen molar-refractivity contribution in [3.05, 3.63) is 106 Å². The fourth-order valence-electron chi connectivity index (χ4n) is 3.93. The molecule has 0 aliphatic carbocycles. The van der Waals surface area contributed by atoms with E-state index in [-0.39, 0.29) is 11.4 Å². The molecule has 0 saturated heterocycles. The molecule has 0 aliphatic heterocycles. The van der Waals surface area contributed by atoms with Crippen molar-refractivity contribution >= 4 is 41.1 Å². The Kier molecular flexibility index (Phi) is 8.77. The highest BCUT2D eigenvalue weighted by molar-refractivity contribution is 6.36. The summed E-state index contributed by atoms with van der Waals surface area (Å²) in [5, 5.41) is 6.00. The van der Waals surface area contributed by atoms with E-state index in [1.54, 1.807) is 36.4 Å². The molecule has 2 aromatic carbocycles. The van der Waals surface area contributed by atoms with Gasteiger partial charge in [0.05, 0.1) is 10.7 Å². The molecule has 0 atom stereocenters. The van der Waals surface area contributed by atoms with Crippen molar-refractivity contribution in [1.29, 1.82) is 0 Å². The SMILES string of the molecule is COC(OC)c1ccc(C(=O)Nc2cccc(-c3cccc(NC(=O)c4ccc(C=O)cn4)c3C)c2Cl)nc1. The first-order chi connectivity index (χ1) is 18.9. The zero-order valence-electron chi connectivity index (χ0n) is 21.4. The van der Waals surface area contributed by atoms with Crippen molar-refractivity contribution in [2.45, 2.75) is 13.2 Å². The quantitative estimate of drug-likeness (QED) is 0.204. The van der Waals surface area contributed by atoms with Crippen LogP contribution < -0.4 is 10.6 Å². The van der Waals surface area contributed by atoms with Crippen LogP contribution in [0.25, 0.3) is 11.1 Å². The summed E-state index contributed by atoms with van der Waals surface area (Å²) >= 11 is 6.74. The highest BCUT2D eigenvalue weighted by Gasteiger charge is 2.17. The topological polar surface area (TPSA) is 120 Å².